The lowest BCUT2D eigenvalue weighted by molar-refractivity contribution is 0.183. The van der Waals surface area contributed by atoms with Crippen molar-refractivity contribution < 1.29 is 8.78 Å². The van der Waals surface area contributed by atoms with Gasteiger partial charge in [0.25, 0.3) is 0 Å². The van der Waals surface area contributed by atoms with Gasteiger partial charge < -0.3 is 4.90 Å². The summed E-state index contributed by atoms with van der Waals surface area (Å²) in [5.74, 6) is 0. The van der Waals surface area contributed by atoms with E-state index in [0.29, 0.717) is 31.7 Å². The minimum atomic E-state index is -1.21. The molecule has 0 spiro atoms. The summed E-state index contributed by atoms with van der Waals surface area (Å²) >= 11 is 0. The Morgan fingerprint density at radius 3 is 1.94 bits per heavy atom. The van der Waals surface area contributed by atoms with Gasteiger partial charge in [0, 0.05) is 12.6 Å². The molecule has 2 fully saturated rings. The number of hydrogen-bond acceptors (Lipinski definition) is 1. The Morgan fingerprint density at radius 1 is 0.806 bits per heavy atom. The van der Waals surface area contributed by atoms with Crippen molar-refractivity contribution in [2.45, 2.75) is 89.0 Å². The number of nitrogens with zero attached hydrogens (tertiary/aromatic N) is 1. The van der Waals surface area contributed by atoms with Gasteiger partial charge in [-0.1, -0.05) is 62.4 Å². The molecule has 1 atom stereocenters. The van der Waals surface area contributed by atoms with Crippen LogP contribution in [0.15, 0.2) is 48.5 Å². The van der Waals surface area contributed by atoms with Gasteiger partial charge in [-0.2, -0.15) is 0 Å². The smallest absolute Gasteiger partial charge is 0.136 e. The average Bonchev–Trinajstić information content (AvgIpc) is 3.72. The van der Waals surface area contributed by atoms with Crippen LogP contribution in [0.1, 0.15) is 81.0 Å². The first-order valence-corrected chi connectivity index (χ1v) is 12.3. The maximum absolute atomic E-state index is 15.1. The molecule has 0 aromatic heterocycles. The zero-order chi connectivity index (χ0) is 21.9. The van der Waals surface area contributed by atoms with Crippen molar-refractivity contribution >= 4 is 0 Å². The van der Waals surface area contributed by atoms with Crippen LogP contribution in [0.4, 0.5) is 8.78 Å². The van der Waals surface area contributed by atoms with Gasteiger partial charge in [0.15, 0.2) is 0 Å². The first kappa shape index (κ1) is 22.5. The molecule has 4 rings (SSSR count). The molecule has 31 heavy (non-hydrogen) atoms. The number of rotatable bonds is 12. The Balaban J connectivity index is 1.49. The normalized spacial score (nSPS) is 19.4. The first-order chi connectivity index (χ1) is 15.0. The van der Waals surface area contributed by atoms with Crippen LogP contribution >= 0.6 is 0 Å². The predicted octanol–water partition coefficient (Wildman–Crippen LogP) is 7.27. The van der Waals surface area contributed by atoms with Crippen molar-refractivity contribution in [3.05, 3.63) is 70.8 Å². The minimum Gasteiger partial charge on any atom is -0.300 e. The third-order valence-corrected chi connectivity index (χ3v) is 7.28. The summed E-state index contributed by atoms with van der Waals surface area (Å²) in [4.78, 5) is 2.60. The van der Waals surface area contributed by atoms with Crippen LogP contribution in [-0.4, -0.2) is 24.0 Å². The highest BCUT2D eigenvalue weighted by Crippen LogP contribution is 2.56. The standard InChI is InChI=1S/C28H37F2N/c1-3-20-31(21-15-22-9-6-5-7-10-22)23(4-2)13-14-24-25(27(29)16-17-27)11-8-12-26(24)28(30)18-19-28/h5-12,23H,3-4,13-21H2,1-2H3. The van der Waals surface area contributed by atoms with E-state index in [2.05, 4.69) is 49.1 Å². The van der Waals surface area contributed by atoms with Crippen molar-refractivity contribution in [1.29, 1.82) is 0 Å². The van der Waals surface area contributed by atoms with E-state index in [-0.39, 0.29) is 0 Å². The lowest BCUT2D eigenvalue weighted by Gasteiger charge is -2.32. The largest absolute Gasteiger partial charge is 0.300 e. The molecule has 1 unspecified atom stereocenters. The van der Waals surface area contributed by atoms with Gasteiger partial charge in [-0.25, -0.2) is 8.78 Å². The quantitative estimate of drug-likeness (QED) is 0.346. The van der Waals surface area contributed by atoms with Crippen LogP contribution in [0.25, 0.3) is 0 Å². The Kier molecular flexibility index (Phi) is 6.81. The van der Waals surface area contributed by atoms with Crippen molar-refractivity contribution in [3.8, 4) is 0 Å². The molecule has 1 nitrogen and oxygen atoms in total. The highest BCUT2D eigenvalue weighted by molar-refractivity contribution is 5.46. The van der Waals surface area contributed by atoms with E-state index < -0.39 is 11.3 Å². The van der Waals surface area contributed by atoms with Gasteiger partial charge in [0.1, 0.15) is 11.3 Å². The maximum Gasteiger partial charge on any atom is 0.136 e. The fourth-order valence-corrected chi connectivity index (χ4v) is 5.09. The third kappa shape index (κ3) is 5.19. The summed E-state index contributed by atoms with van der Waals surface area (Å²) in [5, 5.41) is 0. The molecule has 0 N–H and O–H groups in total. The van der Waals surface area contributed by atoms with E-state index in [1.165, 1.54) is 5.56 Å². The third-order valence-electron chi connectivity index (χ3n) is 7.28. The van der Waals surface area contributed by atoms with Crippen molar-refractivity contribution in [3.63, 3.8) is 0 Å². The van der Waals surface area contributed by atoms with Crippen LogP contribution in [0.5, 0.6) is 0 Å². The molecule has 2 saturated carbocycles. The van der Waals surface area contributed by atoms with Gasteiger partial charge in [-0.15, -0.1) is 0 Å². The van der Waals surface area contributed by atoms with Crippen LogP contribution in [0.2, 0.25) is 0 Å². The predicted molar refractivity (Wildman–Crippen MR) is 125 cm³/mol. The number of alkyl halides is 2. The minimum absolute atomic E-state index is 0.439. The van der Waals surface area contributed by atoms with Crippen LogP contribution in [-0.2, 0) is 24.2 Å². The zero-order valence-corrected chi connectivity index (χ0v) is 19.2. The highest BCUT2D eigenvalue weighted by Gasteiger charge is 2.50. The molecule has 0 saturated heterocycles. The van der Waals surface area contributed by atoms with E-state index in [9.17, 15) is 0 Å². The van der Waals surface area contributed by atoms with E-state index in [1.54, 1.807) is 0 Å². The second kappa shape index (κ2) is 9.40. The van der Waals surface area contributed by atoms with Crippen molar-refractivity contribution in [1.82, 2.24) is 4.90 Å². The molecule has 2 aliphatic rings. The summed E-state index contributed by atoms with van der Waals surface area (Å²) in [5.41, 5.74) is 1.46. The number of halogens is 2. The van der Waals surface area contributed by atoms with Gasteiger partial charge in [-0.3, -0.25) is 0 Å². The second-order valence-corrected chi connectivity index (χ2v) is 9.63. The molecule has 2 aliphatic carbocycles. The van der Waals surface area contributed by atoms with Gasteiger partial charge >= 0.3 is 0 Å². The van der Waals surface area contributed by atoms with Crippen LogP contribution in [0, 0.1) is 0 Å². The summed E-state index contributed by atoms with van der Waals surface area (Å²) in [6.45, 7) is 6.58. The van der Waals surface area contributed by atoms with Crippen LogP contribution < -0.4 is 0 Å². The van der Waals surface area contributed by atoms with Gasteiger partial charge in [0.05, 0.1) is 0 Å². The van der Waals surface area contributed by atoms with E-state index in [4.69, 9.17) is 0 Å². The summed E-state index contributed by atoms with van der Waals surface area (Å²) in [6, 6.07) is 16.8. The average molecular weight is 426 g/mol. The molecule has 168 valence electrons. The van der Waals surface area contributed by atoms with Crippen molar-refractivity contribution in [2.75, 3.05) is 13.1 Å². The monoisotopic (exact) mass is 425 g/mol. The molecule has 0 bridgehead atoms. The van der Waals surface area contributed by atoms with E-state index >= 15 is 8.78 Å². The molecule has 2 aromatic carbocycles. The Morgan fingerprint density at radius 2 is 1.42 bits per heavy atom. The molecule has 2 aromatic rings. The first-order valence-electron chi connectivity index (χ1n) is 12.3. The molecule has 3 heteroatoms. The number of benzene rings is 2. The molecule has 0 radical (unpaired) electrons. The lowest BCUT2D eigenvalue weighted by atomic mass is 9.88. The molecule has 0 aliphatic heterocycles. The van der Waals surface area contributed by atoms with E-state index in [0.717, 1.165) is 61.9 Å². The molecule has 0 heterocycles. The summed E-state index contributed by atoms with van der Waals surface area (Å²) in [7, 11) is 0. The molecular formula is C28H37F2N. The maximum atomic E-state index is 15.1. The van der Waals surface area contributed by atoms with Gasteiger partial charge in [-0.05, 0) is 86.6 Å². The Hall–Kier alpha value is -1.74. The van der Waals surface area contributed by atoms with Gasteiger partial charge in [0.2, 0.25) is 0 Å². The van der Waals surface area contributed by atoms with E-state index in [1.807, 2.05) is 18.2 Å². The van der Waals surface area contributed by atoms with Crippen molar-refractivity contribution in [2.24, 2.45) is 0 Å². The summed E-state index contributed by atoms with van der Waals surface area (Å²) in [6.07, 6.45) is 7.28. The fraction of sp³-hybridized carbons (Fsp3) is 0.571. The lowest BCUT2D eigenvalue weighted by Crippen LogP contribution is -2.37. The Labute approximate surface area is 186 Å². The zero-order valence-electron chi connectivity index (χ0n) is 19.2. The topological polar surface area (TPSA) is 3.24 Å². The van der Waals surface area contributed by atoms with Crippen LogP contribution in [0.3, 0.4) is 0 Å². The number of hydrogen-bond donors (Lipinski definition) is 0. The molecular weight excluding hydrogens is 388 g/mol. The summed E-state index contributed by atoms with van der Waals surface area (Å²) < 4.78 is 30.3. The Bertz CT molecular complexity index is 818. The second-order valence-electron chi connectivity index (χ2n) is 9.63. The molecule has 0 amide bonds. The highest BCUT2D eigenvalue weighted by atomic mass is 19.1. The SMILES string of the molecule is CCCN(CCc1ccccc1)C(CC)CCc1c(C2(F)CC2)cccc1C1(F)CC1. The fourth-order valence-electron chi connectivity index (χ4n) is 5.09.